The summed E-state index contributed by atoms with van der Waals surface area (Å²) in [6.45, 7) is 2.17. The van der Waals surface area contributed by atoms with E-state index in [2.05, 4.69) is 15.3 Å². The van der Waals surface area contributed by atoms with Gasteiger partial charge in [0.2, 0.25) is 11.8 Å². The summed E-state index contributed by atoms with van der Waals surface area (Å²) in [7, 11) is 0. The smallest absolute Gasteiger partial charge is 0.325 e. The van der Waals surface area contributed by atoms with Gasteiger partial charge in [-0.1, -0.05) is 18.3 Å². The zero-order chi connectivity index (χ0) is 9.97. The Morgan fingerprint density at radius 2 is 2.29 bits per heavy atom. The molecule has 7 heteroatoms. The summed E-state index contributed by atoms with van der Waals surface area (Å²) in [5.74, 6) is 0.984. The van der Waals surface area contributed by atoms with Crippen LogP contribution in [0.1, 0.15) is 18.7 Å². The van der Waals surface area contributed by atoms with Gasteiger partial charge in [0.15, 0.2) is 0 Å². The molecule has 14 heavy (non-hydrogen) atoms. The molecule has 2 heterocycles. The summed E-state index contributed by atoms with van der Waals surface area (Å²) >= 11 is 1.04. The van der Waals surface area contributed by atoms with E-state index in [9.17, 15) is 4.79 Å². The number of aryl methyl sites for hydroxylation is 1. The molecule has 6 nitrogen and oxygen atoms in total. The maximum atomic E-state index is 11.1. The summed E-state index contributed by atoms with van der Waals surface area (Å²) in [5, 5.41) is 11.4. The van der Waals surface area contributed by atoms with Crippen molar-refractivity contribution in [2.45, 2.75) is 19.9 Å². The van der Waals surface area contributed by atoms with E-state index in [0.29, 0.717) is 18.2 Å². The lowest BCUT2D eigenvalue weighted by Crippen LogP contribution is -2.15. The van der Waals surface area contributed by atoms with E-state index < -0.39 is 0 Å². The molecule has 0 aliphatic heterocycles. The van der Waals surface area contributed by atoms with Gasteiger partial charge in [-0.05, 0) is 0 Å². The van der Waals surface area contributed by atoms with Gasteiger partial charge in [0.1, 0.15) is 12.1 Å². The first-order chi connectivity index (χ1) is 6.79. The van der Waals surface area contributed by atoms with Crippen LogP contribution in [0.15, 0.2) is 14.7 Å². The Hall–Kier alpha value is -1.50. The first-order valence-corrected chi connectivity index (χ1v) is 4.99. The van der Waals surface area contributed by atoms with Gasteiger partial charge in [-0.2, -0.15) is 5.10 Å². The predicted molar refractivity (Wildman–Crippen MR) is 49.2 cm³/mol. The highest BCUT2D eigenvalue weighted by Crippen LogP contribution is 2.01. The number of nitrogens with zero attached hydrogens (tertiary/aromatic N) is 4. The van der Waals surface area contributed by atoms with Gasteiger partial charge in [-0.15, -0.1) is 10.2 Å². The summed E-state index contributed by atoms with van der Waals surface area (Å²) in [6.07, 6.45) is 0.693. The van der Waals surface area contributed by atoms with Gasteiger partial charge in [-0.3, -0.25) is 4.79 Å². The molecule has 2 rings (SSSR count). The van der Waals surface area contributed by atoms with Crippen LogP contribution in [-0.4, -0.2) is 20.0 Å². The Morgan fingerprint density at radius 3 is 2.86 bits per heavy atom. The molecular formula is C7H8N4O2S. The van der Waals surface area contributed by atoms with Crippen LogP contribution in [0.25, 0.3) is 0 Å². The minimum Gasteiger partial charge on any atom is -0.423 e. The highest BCUT2D eigenvalue weighted by Gasteiger charge is 2.07. The van der Waals surface area contributed by atoms with E-state index >= 15 is 0 Å². The van der Waals surface area contributed by atoms with Crippen molar-refractivity contribution in [2.24, 2.45) is 0 Å². The zero-order valence-electron chi connectivity index (χ0n) is 7.51. The fraction of sp³-hybridized carbons (Fsp3) is 0.429. The van der Waals surface area contributed by atoms with Crippen molar-refractivity contribution >= 4 is 11.3 Å². The molecule has 0 aliphatic rings. The van der Waals surface area contributed by atoms with Gasteiger partial charge in [0, 0.05) is 6.42 Å². The first-order valence-electron chi connectivity index (χ1n) is 4.11. The Bertz CT molecular complexity index is 472. The van der Waals surface area contributed by atoms with E-state index in [1.165, 1.54) is 10.2 Å². The minimum atomic E-state index is -0.124. The molecule has 2 aromatic heterocycles. The van der Waals surface area contributed by atoms with E-state index in [1.54, 1.807) is 0 Å². The third-order valence-corrected chi connectivity index (χ3v) is 2.26. The molecule has 0 saturated heterocycles. The molecule has 2 aromatic rings. The third kappa shape index (κ3) is 1.72. The minimum absolute atomic E-state index is 0.124. The average Bonchev–Trinajstić information content (AvgIpc) is 2.77. The van der Waals surface area contributed by atoms with Crippen molar-refractivity contribution in [3.63, 3.8) is 0 Å². The first kappa shape index (κ1) is 9.07. The van der Waals surface area contributed by atoms with Crippen molar-refractivity contribution in [3.05, 3.63) is 27.0 Å². The summed E-state index contributed by atoms with van der Waals surface area (Å²) in [5.41, 5.74) is 1.49. The quantitative estimate of drug-likeness (QED) is 0.731. The maximum absolute atomic E-state index is 11.1. The number of hydrogen-bond acceptors (Lipinski definition) is 6. The second-order valence-electron chi connectivity index (χ2n) is 2.61. The van der Waals surface area contributed by atoms with Crippen LogP contribution < -0.4 is 4.87 Å². The van der Waals surface area contributed by atoms with E-state index in [1.807, 2.05) is 6.92 Å². The lowest BCUT2D eigenvalue weighted by atomic mass is 10.5. The van der Waals surface area contributed by atoms with Crippen LogP contribution in [0, 0.1) is 0 Å². The standard InChI is InChI=1S/C7H8N4O2S/c1-2-5-9-10-6(13-5)3-11-7(12)14-4-8-11/h4H,2-3H2,1H3. The second-order valence-corrected chi connectivity index (χ2v) is 3.40. The largest absolute Gasteiger partial charge is 0.423 e. The Labute approximate surface area is 83.2 Å². The topological polar surface area (TPSA) is 73.8 Å². The van der Waals surface area contributed by atoms with Gasteiger partial charge in [0.05, 0.1) is 0 Å². The predicted octanol–water partition coefficient (Wildman–Crippen LogP) is 0.298. The Balaban J connectivity index is 2.19. The fourth-order valence-electron chi connectivity index (χ4n) is 0.962. The molecule has 0 spiro atoms. The molecular weight excluding hydrogens is 204 g/mol. The summed E-state index contributed by atoms with van der Waals surface area (Å²) in [4.78, 5) is 11.0. The molecule has 0 amide bonds. The van der Waals surface area contributed by atoms with Gasteiger partial charge in [0.25, 0.3) is 0 Å². The van der Waals surface area contributed by atoms with Crippen LogP contribution in [-0.2, 0) is 13.0 Å². The van der Waals surface area contributed by atoms with E-state index in [0.717, 1.165) is 11.3 Å². The van der Waals surface area contributed by atoms with Crippen LogP contribution >= 0.6 is 11.3 Å². The molecule has 0 aliphatic carbocycles. The average molecular weight is 212 g/mol. The van der Waals surface area contributed by atoms with Crippen molar-refractivity contribution in [2.75, 3.05) is 0 Å². The summed E-state index contributed by atoms with van der Waals surface area (Å²) < 4.78 is 6.53. The van der Waals surface area contributed by atoms with Crippen molar-refractivity contribution < 1.29 is 4.42 Å². The molecule has 74 valence electrons. The lowest BCUT2D eigenvalue weighted by molar-refractivity contribution is 0.431. The van der Waals surface area contributed by atoms with Crippen molar-refractivity contribution in [1.29, 1.82) is 0 Å². The number of aromatic nitrogens is 4. The Kier molecular flexibility index (Phi) is 2.40. The highest BCUT2D eigenvalue weighted by atomic mass is 32.1. The molecule has 0 saturated carbocycles. The van der Waals surface area contributed by atoms with E-state index in [-0.39, 0.29) is 11.4 Å². The monoisotopic (exact) mass is 212 g/mol. The SMILES string of the molecule is CCc1nnc(Cn2ncsc2=O)o1. The molecule has 0 aromatic carbocycles. The van der Waals surface area contributed by atoms with Gasteiger partial charge < -0.3 is 4.42 Å². The fourth-order valence-corrected chi connectivity index (χ4v) is 1.45. The molecule has 0 unspecified atom stereocenters. The van der Waals surface area contributed by atoms with Crippen molar-refractivity contribution in [1.82, 2.24) is 20.0 Å². The van der Waals surface area contributed by atoms with Crippen LogP contribution in [0.5, 0.6) is 0 Å². The van der Waals surface area contributed by atoms with Gasteiger partial charge >= 0.3 is 4.87 Å². The lowest BCUT2D eigenvalue weighted by Gasteiger charge is -1.91. The van der Waals surface area contributed by atoms with Crippen molar-refractivity contribution in [3.8, 4) is 0 Å². The van der Waals surface area contributed by atoms with Crippen LogP contribution in [0.4, 0.5) is 0 Å². The zero-order valence-corrected chi connectivity index (χ0v) is 8.32. The molecule has 0 bridgehead atoms. The molecule has 0 fully saturated rings. The van der Waals surface area contributed by atoms with Crippen LogP contribution in [0.2, 0.25) is 0 Å². The second kappa shape index (κ2) is 3.70. The number of rotatable bonds is 3. The Morgan fingerprint density at radius 1 is 1.50 bits per heavy atom. The number of hydrogen-bond donors (Lipinski definition) is 0. The van der Waals surface area contributed by atoms with Gasteiger partial charge in [-0.25, -0.2) is 4.68 Å². The van der Waals surface area contributed by atoms with Crippen LogP contribution in [0.3, 0.4) is 0 Å². The van der Waals surface area contributed by atoms with E-state index in [4.69, 9.17) is 4.42 Å². The molecule has 0 atom stereocenters. The third-order valence-electron chi connectivity index (χ3n) is 1.65. The highest BCUT2D eigenvalue weighted by molar-refractivity contribution is 7.06. The summed E-state index contributed by atoms with van der Waals surface area (Å²) in [6, 6.07) is 0. The molecule has 0 N–H and O–H groups in total. The molecule has 0 radical (unpaired) electrons. The normalized spacial score (nSPS) is 10.6. The maximum Gasteiger partial charge on any atom is 0.325 e.